The van der Waals surface area contributed by atoms with Gasteiger partial charge in [0.15, 0.2) is 0 Å². The summed E-state index contributed by atoms with van der Waals surface area (Å²) in [5.74, 6) is -4.66. The van der Waals surface area contributed by atoms with Crippen molar-refractivity contribution in [3.63, 3.8) is 0 Å². The van der Waals surface area contributed by atoms with Crippen molar-refractivity contribution < 1.29 is 36.6 Å². The number of nitrogens with zero attached hydrogens (tertiary/aromatic N) is 1. The molecule has 0 amide bonds. The number of benzene rings is 2. The number of pyridine rings is 1. The highest BCUT2D eigenvalue weighted by Crippen LogP contribution is 2.34. The molecule has 3 aromatic rings. The summed E-state index contributed by atoms with van der Waals surface area (Å²) in [4.78, 5) is 16.6. The van der Waals surface area contributed by atoms with Gasteiger partial charge >= 0.3 is 12.1 Å². The molecule has 0 radical (unpaired) electrons. The molecule has 162 valence electrons. The smallest absolute Gasteiger partial charge is 0.416 e. The Labute approximate surface area is 173 Å². The third-order valence-electron chi connectivity index (χ3n) is 4.53. The van der Waals surface area contributed by atoms with Crippen LogP contribution in [-0.4, -0.2) is 16.1 Å². The van der Waals surface area contributed by atoms with Gasteiger partial charge in [-0.15, -0.1) is 0 Å². The Kier molecular flexibility index (Phi) is 6.65. The van der Waals surface area contributed by atoms with Crippen LogP contribution in [0.25, 0.3) is 0 Å². The van der Waals surface area contributed by atoms with Crippen molar-refractivity contribution in [1.82, 2.24) is 4.98 Å². The molecule has 1 N–H and O–H groups in total. The van der Waals surface area contributed by atoms with E-state index in [0.29, 0.717) is 6.07 Å². The second-order valence-electron chi connectivity index (χ2n) is 6.68. The second-order valence-corrected chi connectivity index (χ2v) is 6.68. The van der Waals surface area contributed by atoms with Gasteiger partial charge < -0.3 is 9.84 Å². The Morgan fingerprint density at radius 2 is 1.84 bits per heavy atom. The zero-order valence-corrected chi connectivity index (χ0v) is 15.8. The first-order valence-electron chi connectivity index (χ1n) is 9.02. The van der Waals surface area contributed by atoms with E-state index in [2.05, 4.69) is 4.98 Å². The summed E-state index contributed by atoms with van der Waals surface area (Å²) in [5.41, 5.74) is -1.02. The molecule has 1 heterocycles. The summed E-state index contributed by atoms with van der Waals surface area (Å²) in [6, 6.07) is 9.59. The number of alkyl halides is 3. The number of carbonyl (C=O) groups is 1. The fourth-order valence-corrected chi connectivity index (χ4v) is 3.00. The highest BCUT2D eigenvalue weighted by atomic mass is 19.4. The summed E-state index contributed by atoms with van der Waals surface area (Å²) in [7, 11) is 0. The number of rotatable bonds is 6. The quantitative estimate of drug-likeness (QED) is 0.439. The van der Waals surface area contributed by atoms with Crippen LogP contribution in [0.3, 0.4) is 0 Å². The number of aliphatic hydroxyl groups excluding tert-OH is 1. The molecular formula is C22H16F5NO3. The van der Waals surface area contributed by atoms with E-state index in [-0.39, 0.29) is 16.7 Å². The minimum atomic E-state index is -4.57. The number of carbonyl (C=O) groups excluding carboxylic acids is 1. The summed E-state index contributed by atoms with van der Waals surface area (Å²) < 4.78 is 71.4. The number of hydrogen-bond acceptors (Lipinski definition) is 4. The van der Waals surface area contributed by atoms with Crippen molar-refractivity contribution in [2.75, 3.05) is 0 Å². The summed E-state index contributed by atoms with van der Waals surface area (Å²) in [5, 5.41) is 10.7. The first kappa shape index (κ1) is 22.4. The van der Waals surface area contributed by atoms with Crippen LogP contribution in [0.1, 0.15) is 34.3 Å². The maximum atomic E-state index is 14.4. The fraction of sp³-hybridized carbons (Fsp3) is 0.182. The number of esters is 1. The van der Waals surface area contributed by atoms with Crippen LogP contribution in [0.15, 0.2) is 67.0 Å². The Hall–Kier alpha value is -3.33. The minimum Gasteiger partial charge on any atom is -0.460 e. The highest BCUT2D eigenvalue weighted by Gasteiger charge is 2.34. The highest BCUT2D eigenvalue weighted by molar-refractivity contribution is 5.79. The topological polar surface area (TPSA) is 59.4 Å². The number of aromatic nitrogens is 1. The molecule has 0 unspecified atom stereocenters. The molecule has 9 heteroatoms. The standard InChI is InChI=1S/C22H16F5NO3/c23-16-6-7-17(18(24)10-16)19(20(29)14-4-2-8-28-11-14)21(30)31-12-13-3-1-5-15(9-13)22(25,26)27/h1-11,19-20,29H,12H2/t19-,20+/m1/s1. The normalized spacial score (nSPS) is 13.5. The molecule has 2 atom stereocenters. The lowest BCUT2D eigenvalue weighted by Gasteiger charge is -2.22. The molecule has 0 aliphatic heterocycles. The van der Waals surface area contributed by atoms with Crippen molar-refractivity contribution in [2.24, 2.45) is 0 Å². The van der Waals surface area contributed by atoms with Crippen molar-refractivity contribution in [3.05, 3.63) is 101 Å². The molecule has 0 bridgehead atoms. The first-order chi connectivity index (χ1) is 14.7. The zero-order valence-electron chi connectivity index (χ0n) is 15.8. The van der Waals surface area contributed by atoms with E-state index in [4.69, 9.17) is 4.74 Å². The largest absolute Gasteiger partial charge is 0.460 e. The molecule has 0 saturated heterocycles. The molecule has 1 aromatic heterocycles. The number of ether oxygens (including phenoxy) is 1. The Balaban J connectivity index is 1.88. The molecule has 0 aliphatic carbocycles. The summed E-state index contributed by atoms with van der Waals surface area (Å²) in [6.45, 7) is -0.540. The van der Waals surface area contributed by atoms with Gasteiger partial charge in [-0.1, -0.05) is 24.3 Å². The van der Waals surface area contributed by atoms with Gasteiger partial charge in [-0.25, -0.2) is 8.78 Å². The van der Waals surface area contributed by atoms with Gasteiger partial charge in [0.05, 0.1) is 11.7 Å². The number of hydrogen-bond donors (Lipinski definition) is 1. The monoisotopic (exact) mass is 437 g/mol. The van der Waals surface area contributed by atoms with E-state index in [1.165, 1.54) is 30.6 Å². The summed E-state index contributed by atoms with van der Waals surface area (Å²) >= 11 is 0. The van der Waals surface area contributed by atoms with E-state index in [9.17, 15) is 31.9 Å². The fourth-order valence-electron chi connectivity index (χ4n) is 3.00. The molecule has 0 aliphatic rings. The van der Waals surface area contributed by atoms with Crippen LogP contribution in [0.5, 0.6) is 0 Å². The average molecular weight is 437 g/mol. The van der Waals surface area contributed by atoms with Gasteiger partial charge in [0.25, 0.3) is 0 Å². The predicted molar refractivity (Wildman–Crippen MR) is 99.5 cm³/mol. The maximum absolute atomic E-state index is 14.4. The van der Waals surface area contributed by atoms with Crippen LogP contribution in [0, 0.1) is 11.6 Å². The first-order valence-corrected chi connectivity index (χ1v) is 9.02. The van der Waals surface area contributed by atoms with Gasteiger partial charge in [-0.2, -0.15) is 13.2 Å². The van der Waals surface area contributed by atoms with Crippen LogP contribution in [-0.2, 0) is 22.3 Å². The Morgan fingerprint density at radius 3 is 2.48 bits per heavy atom. The van der Waals surface area contributed by atoms with Gasteiger partial charge in [0.2, 0.25) is 0 Å². The van der Waals surface area contributed by atoms with Crippen LogP contribution >= 0.6 is 0 Å². The molecule has 0 fully saturated rings. The Bertz CT molecular complexity index is 1060. The third kappa shape index (κ3) is 5.43. The minimum absolute atomic E-state index is 0.0531. The van der Waals surface area contributed by atoms with Gasteiger partial charge in [0.1, 0.15) is 24.2 Å². The van der Waals surface area contributed by atoms with Crippen molar-refractivity contribution in [2.45, 2.75) is 24.8 Å². The third-order valence-corrected chi connectivity index (χ3v) is 4.53. The number of aliphatic hydroxyl groups is 1. The van der Waals surface area contributed by atoms with Gasteiger partial charge in [-0.05, 0) is 29.8 Å². The van der Waals surface area contributed by atoms with Crippen molar-refractivity contribution in [1.29, 1.82) is 0 Å². The SMILES string of the molecule is O=C(OCc1cccc(C(F)(F)F)c1)[C@H](c1ccc(F)cc1F)[C@@H](O)c1cccnc1. The van der Waals surface area contributed by atoms with Crippen LogP contribution < -0.4 is 0 Å². The van der Waals surface area contributed by atoms with Crippen LogP contribution in [0.4, 0.5) is 22.0 Å². The van der Waals surface area contributed by atoms with E-state index in [1.54, 1.807) is 0 Å². The predicted octanol–water partition coefficient (Wildman–Crippen LogP) is 4.94. The lowest BCUT2D eigenvalue weighted by molar-refractivity contribution is -0.150. The zero-order chi connectivity index (χ0) is 22.6. The van der Waals surface area contributed by atoms with E-state index in [1.807, 2.05) is 0 Å². The van der Waals surface area contributed by atoms with Crippen molar-refractivity contribution in [3.8, 4) is 0 Å². The van der Waals surface area contributed by atoms with Crippen LogP contribution in [0.2, 0.25) is 0 Å². The van der Waals surface area contributed by atoms with Crippen molar-refractivity contribution >= 4 is 5.97 Å². The van der Waals surface area contributed by atoms with E-state index < -0.39 is 48.0 Å². The van der Waals surface area contributed by atoms with E-state index in [0.717, 1.165) is 30.3 Å². The molecule has 3 rings (SSSR count). The molecule has 0 saturated carbocycles. The van der Waals surface area contributed by atoms with Gasteiger partial charge in [-0.3, -0.25) is 9.78 Å². The molecule has 31 heavy (non-hydrogen) atoms. The van der Waals surface area contributed by atoms with E-state index >= 15 is 0 Å². The second kappa shape index (κ2) is 9.22. The molecular weight excluding hydrogens is 421 g/mol. The maximum Gasteiger partial charge on any atom is 0.416 e. The molecule has 4 nitrogen and oxygen atoms in total. The van der Waals surface area contributed by atoms with Gasteiger partial charge in [0, 0.05) is 29.6 Å². The Morgan fingerprint density at radius 1 is 1.06 bits per heavy atom. The lowest BCUT2D eigenvalue weighted by Crippen LogP contribution is -2.24. The number of halogens is 5. The summed E-state index contributed by atoms with van der Waals surface area (Å²) in [6.07, 6.45) is -3.48. The lowest BCUT2D eigenvalue weighted by atomic mass is 9.89. The average Bonchev–Trinajstić information content (AvgIpc) is 2.74. The molecule has 0 spiro atoms. The molecule has 2 aromatic carbocycles.